The van der Waals surface area contributed by atoms with Gasteiger partial charge in [0.2, 0.25) is 0 Å². The molecule has 21 heavy (non-hydrogen) atoms. The van der Waals surface area contributed by atoms with Crippen molar-refractivity contribution in [2.75, 3.05) is 5.32 Å². The number of rotatable bonds is 2. The molecule has 1 aromatic carbocycles. The van der Waals surface area contributed by atoms with Crippen molar-refractivity contribution >= 4 is 11.6 Å². The number of hydrogen-bond acceptors (Lipinski definition) is 2. The fraction of sp³-hybridized carbons (Fsp3) is 0.143. The molecule has 0 atom stereocenters. The summed E-state index contributed by atoms with van der Waals surface area (Å²) in [6.45, 7) is 1.56. The Morgan fingerprint density at radius 2 is 1.95 bits per heavy atom. The van der Waals surface area contributed by atoms with Crippen molar-refractivity contribution in [3.05, 3.63) is 63.6 Å². The Labute approximate surface area is 117 Å². The predicted molar refractivity (Wildman–Crippen MR) is 71.2 cm³/mol. The molecule has 0 aliphatic rings. The third-order valence-electron chi connectivity index (χ3n) is 2.88. The van der Waals surface area contributed by atoms with E-state index in [0.29, 0.717) is 5.56 Å². The molecule has 2 rings (SSSR count). The van der Waals surface area contributed by atoms with Gasteiger partial charge in [-0.05, 0) is 24.6 Å². The van der Waals surface area contributed by atoms with E-state index in [0.717, 1.165) is 18.2 Å². The first-order valence-corrected chi connectivity index (χ1v) is 5.95. The minimum Gasteiger partial charge on any atom is -0.367 e. The van der Waals surface area contributed by atoms with Crippen molar-refractivity contribution in [1.82, 2.24) is 4.98 Å². The van der Waals surface area contributed by atoms with Crippen LogP contribution in [-0.4, -0.2) is 10.9 Å². The summed E-state index contributed by atoms with van der Waals surface area (Å²) in [6.07, 6.45) is -1.95. The second-order valence-electron chi connectivity index (χ2n) is 4.40. The zero-order valence-electron chi connectivity index (χ0n) is 10.9. The Morgan fingerprint density at radius 3 is 2.57 bits per heavy atom. The fourth-order valence-corrected chi connectivity index (χ4v) is 1.72. The summed E-state index contributed by atoms with van der Waals surface area (Å²) in [7, 11) is 0. The second-order valence-corrected chi connectivity index (χ2v) is 4.40. The number of pyridine rings is 1. The largest absolute Gasteiger partial charge is 0.416 e. The Bertz CT molecular complexity index is 735. The zero-order valence-corrected chi connectivity index (χ0v) is 10.9. The lowest BCUT2D eigenvalue weighted by Gasteiger charge is -2.12. The highest BCUT2D eigenvalue weighted by atomic mass is 19.4. The van der Waals surface area contributed by atoms with Crippen LogP contribution in [0, 0.1) is 6.92 Å². The lowest BCUT2D eigenvalue weighted by atomic mass is 10.1. The summed E-state index contributed by atoms with van der Waals surface area (Å²) in [5, 5.41) is 2.32. The maximum Gasteiger partial charge on any atom is 0.416 e. The Balaban J connectivity index is 2.34. The van der Waals surface area contributed by atoms with Crippen LogP contribution in [0.25, 0.3) is 0 Å². The smallest absolute Gasteiger partial charge is 0.367 e. The molecule has 0 aliphatic carbocycles. The molecule has 0 aliphatic heterocycles. The minimum atomic E-state index is -4.50. The number of anilines is 1. The Kier molecular flexibility index (Phi) is 3.84. The lowest BCUT2D eigenvalue weighted by Crippen LogP contribution is -2.21. The molecule has 0 unspecified atom stereocenters. The van der Waals surface area contributed by atoms with Crippen molar-refractivity contribution in [2.45, 2.75) is 13.1 Å². The lowest BCUT2D eigenvalue weighted by molar-refractivity contribution is -0.137. The normalized spacial score (nSPS) is 11.2. The number of aromatic amines is 1. The molecule has 0 saturated heterocycles. The monoisotopic (exact) mass is 296 g/mol. The molecule has 110 valence electrons. The van der Waals surface area contributed by atoms with Crippen LogP contribution in [0.5, 0.6) is 0 Å². The number of H-pyrrole nitrogens is 1. The second kappa shape index (κ2) is 5.43. The molecule has 1 aromatic heterocycles. The van der Waals surface area contributed by atoms with Crippen LogP contribution in [0.3, 0.4) is 0 Å². The van der Waals surface area contributed by atoms with Crippen molar-refractivity contribution in [2.24, 2.45) is 0 Å². The molecular weight excluding hydrogens is 285 g/mol. The number of alkyl halides is 3. The summed E-state index contributed by atoms with van der Waals surface area (Å²) in [5.74, 6) is -0.765. The van der Waals surface area contributed by atoms with Gasteiger partial charge in [-0.2, -0.15) is 13.2 Å². The number of hydrogen-bond donors (Lipinski definition) is 2. The first-order chi connectivity index (χ1) is 9.79. The average molecular weight is 296 g/mol. The van der Waals surface area contributed by atoms with Gasteiger partial charge in [-0.1, -0.05) is 6.07 Å². The van der Waals surface area contributed by atoms with E-state index in [2.05, 4.69) is 10.3 Å². The molecule has 0 bridgehead atoms. The van der Waals surface area contributed by atoms with E-state index in [9.17, 15) is 22.8 Å². The first kappa shape index (κ1) is 14.8. The van der Waals surface area contributed by atoms with Crippen LogP contribution < -0.4 is 10.7 Å². The number of nitrogens with one attached hydrogen (secondary N) is 2. The van der Waals surface area contributed by atoms with E-state index in [4.69, 9.17) is 0 Å². The molecule has 2 aromatic rings. The minimum absolute atomic E-state index is 0.0121. The highest BCUT2D eigenvalue weighted by Crippen LogP contribution is 2.32. The number of aromatic nitrogens is 1. The Morgan fingerprint density at radius 1 is 1.24 bits per heavy atom. The van der Waals surface area contributed by atoms with E-state index in [-0.39, 0.29) is 11.3 Å². The van der Waals surface area contributed by atoms with Gasteiger partial charge in [-0.3, -0.25) is 9.59 Å². The van der Waals surface area contributed by atoms with Crippen molar-refractivity contribution < 1.29 is 18.0 Å². The number of carbonyl (C=O) groups is 1. The molecule has 4 nitrogen and oxygen atoms in total. The SMILES string of the molecule is Cc1ccc(C(F)(F)F)cc1NC(=O)c1c[nH]ccc1=O. The van der Waals surface area contributed by atoms with Crippen molar-refractivity contribution in [1.29, 1.82) is 0 Å². The highest BCUT2D eigenvalue weighted by Gasteiger charge is 2.31. The molecule has 2 N–H and O–H groups in total. The summed E-state index contributed by atoms with van der Waals surface area (Å²) in [4.78, 5) is 26.0. The molecule has 1 amide bonds. The van der Waals surface area contributed by atoms with E-state index in [1.54, 1.807) is 6.92 Å². The molecule has 0 radical (unpaired) electrons. The van der Waals surface area contributed by atoms with Crippen LogP contribution >= 0.6 is 0 Å². The third kappa shape index (κ3) is 3.31. The number of carbonyl (C=O) groups excluding carboxylic acids is 1. The quantitative estimate of drug-likeness (QED) is 0.895. The van der Waals surface area contributed by atoms with Gasteiger partial charge >= 0.3 is 6.18 Å². The molecule has 0 fully saturated rings. The van der Waals surface area contributed by atoms with Gasteiger partial charge < -0.3 is 10.3 Å². The molecule has 0 saturated carbocycles. The summed E-state index contributed by atoms with van der Waals surface area (Å²) >= 11 is 0. The van der Waals surface area contributed by atoms with Crippen LogP contribution in [-0.2, 0) is 6.18 Å². The van der Waals surface area contributed by atoms with Gasteiger partial charge in [0, 0.05) is 24.1 Å². The molecule has 1 heterocycles. The van der Waals surface area contributed by atoms with Gasteiger partial charge in [0.15, 0.2) is 5.43 Å². The van der Waals surface area contributed by atoms with E-state index >= 15 is 0 Å². The van der Waals surface area contributed by atoms with Crippen LogP contribution in [0.15, 0.2) is 41.5 Å². The Hall–Kier alpha value is -2.57. The topological polar surface area (TPSA) is 62.0 Å². The van der Waals surface area contributed by atoms with Crippen LogP contribution in [0.2, 0.25) is 0 Å². The first-order valence-electron chi connectivity index (χ1n) is 5.95. The molecule has 7 heteroatoms. The van der Waals surface area contributed by atoms with Crippen LogP contribution in [0.1, 0.15) is 21.5 Å². The number of aryl methyl sites for hydroxylation is 1. The van der Waals surface area contributed by atoms with E-state index in [1.807, 2.05) is 0 Å². The predicted octanol–water partition coefficient (Wildman–Crippen LogP) is 2.95. The van der Waals surface area contributed by atoms with Crippen molar-refractivity contribution in [3.8, 4) is 0 Å². The van der Waals surface area contributed by atoms with Crippen molar-refractivity contribution in [3.63, 3.8) is 0 Å². The van der Waals surface area contributed by atoms with Gasteiger partial charge in [-0.15, -0.1) is 0 Å². The van der Waals surface area contributed by atoms with Gasteiger partial charge in [0.25, 0.3) is 5.91 Å². The maximum atomic E-state index is 12.7. The van der Waals surface area contributed by atoms with Gasteiger partial charge in [-0.25, -0.2) is 0 Å². The summed E-state index contributed by atoms with van der Waals surface area (Å²) < 4.78 is 38.0. The number of amides is 1. The fourth-order valence-electron chi connectivity index (χ4n) is 1.72. The average Bonchev–Trinajstić information content (AvgIpc) is 2.40. The molecular formula is C14H11F3N2O2. The van der Waals surface area contributed by atoms with Crippen LogP contribution in [0.4, 0.5) is 18.9 Å². The third-order valence-corrected chi connectivity index (χ3v) is 2.88. The maximum absolute atomic E-state index is 12.7. The van der Waals surface area contributed by atoms with E-state index in [1.165, 1.54) is 18.5 Å². The highest BCUT2D eigenvalue weighted by molar-refractivity contribution is 6.04. The number of halogens is 3. The summed E-state index contributed by atoms with van der Waals surface area (Å²) in [5.41, 5.74) is -1.09. The van der Waals surface area contributed by atoms with Gasteiger partial charge in [0.05, 0.1) is 5.56 Å². The van der Waals surface area contributed by atoms with Gasteiger partial charge in [0.1, 0.15) is 5.56 Å². The molecule has 0 spiro atoms. The standard InChI is InChI=1S/C14H11F3N2O2/c1-8-2-3-9(14(15,16)17)6-11(8)19-13(21)10-7-18-5-4-12(10)20/h2-7H,1H3,(H,18,20)(H,19,21). The zero-order chi connectivity index (χ0) is 15.6. The summed E-state index contributed by atoms with van der Waals surface area (Å²) in [6, 6.07) is 4.19. The number of benzene rings is 1. The van der Waals surface area contributed by atoms with E-state index < -0.39 is 23.1 Å².